The van der Waals surface area contributed by atoms with Crippen molar-refractivity contribution in [3.05, 3.63) is 47.8 Å². The van der Waals surface area contributed by atoms with Crippen molar-refractivity contribution in [1.29, 1.82) is 0 Å². The number of anilines is 1. The van der Waals surface area contributed by atoms with Crippen molar-refractivity contribution in [2.45, 2.75) is 13.3 Å². The van der Waals surface area contributed by atoms with E-state index in [2.05, 4.69) is 51.5 Å². The molecule has 0 radical (unpaired) electrons. The molecule has 0 bridgehead atoms. The number of benzene rings is 1. The Hall–Kier alpha value is -2.56. The molecule has 2 aromatic heterocycles. The van der Waals surface area contributed by atoms with Crippen molar-refractivity contribution in [3.63, 3.8) is 0 Å². The number of nitrogens with one attached hydrogen (secondary N) is 2. The van der Waals surface area contributed by atoms with E-state index in [0.29, 0.717) is 11.5 Å². The van der Waals surface area contributed by atoms with Gasteiger partial charge in [-0.2, -0.15) is 4.98 Å². The van der Waals surface area contributed by atoms with Crippen LogP contribution in [0.3, 0.4) is 0 Å². The molecule has 108 valence electrons. The maximum absolute atomic E-state index is 5.10. The second-order valence-electron chi connectivity index (χ2n) is 4.95. The fourth-order valence-electron chi connectivity index (χ4n) is 2.15. The third-order valence-electron chi connectivity index (χ3n) is 3.32. The Bertz CT molecular complexity index is 734. The first-order valence-corrected chi connectivity index (χ1v) is 6.95. The van der Waals surface area contributed by atoms with E-state index in [1.165, 1.54) is 5.56 Å². The van der Waals surface area contributed by atoms with Gasteiger partial charge >= 0.3 is 0 Å². The number of rotatable bonds is 5. The SMILES string of the molecule is COc1ccc2[nH]c(CCNc3ccc(C)cc3)nc2n1. The molecule has 2 heterocycles. The first-order chi connectivity index (χ1) is 10.2. The minimum Gasteiger partial charge on any atom is -0.481 e. The summed E-state index contributed by atoms with van der Waals surface area (Å²) in [5.41, 5.74) is 4.01. The monoisotopic (exact) mass is 282 g/mol. The number of hydrogen-bond acceptors (Lipinski definition) is 4. The molecule has 5 nitrogen and oxygen atoms in total. The van der Waals surface area contributed by atoms with E-state index >= 15 is 0 Å². The number of aromatic nitrogens is 3. The minimum absolute atomic E-state index is 0.582. The normalized spacial score (nSPS) is 10.8. The lowest BCUT2D eigenvalue weighted by Gasteiger charge is -2.05. The molecule has 3 aromatic rings. The summed E-state index contributed by atoms with van der Waals surface area (Å²) in [7, 11) is 1.60. The second kappa shape index (κ2) is 5.83. The Morgan fingerprint density at radius 1 is 1.10 bits per heavy atom. The lowest BCUT2D eigenvalue weighted by Crippen LogP contribution is -2.05. The molecule has 0 saturated heterocycles. The predicted octanol–water partition coefficient (Wildman–Crippen LogP) is 2.93. The highest BCUT2D eigenvalue weighted by Crippen LogP contribution is 2.14. The van der Waals surface area contributed by atoms with Gasteiger partial charge < -0.3 is 15.0 Å². The van der Waals surface area contributed by atoms with Crippen LogP contribution in [-0.2, 0) is 6.42 Å². The number of fused-ring (bicyclic) bond motifs is 1. The fraction of sp³-hybridized carbons (Fsp3) is 0.250. The largest absolute Gasteiger partial charge is 0.481 e. The van der Waals surface area contributed by atoms with Gasteiger partial charge in [-0.05, 0) is 25.1 Å². The summed E-state index contributed by atoms with van der Waals surface area (Å²) in [6, 6.07) is 12.1. The number of H-pyrrole nitrogens is 1. The Kier molecular flexibility index (Phi) is 3.73. The van der Waals surface area contributed by atoms with Crippen molar-refractivity contribution >= 4 is 16.9 Å². The van der Waals surface area contributed by atoms with Gasteiger partial charge in [0.2, 0.25) is 5.88 Å². The van der Waals surface area contributed by atoms with Crippen molar-refractivity contribution in [1.82, 2.24) is 15.0 Å². The zero-order valence-electron chi connectivity index (χ0n) is 12.2. The molecule has 0 atom stereocenters. The van der Waals surface area contributed by atoms with Crippen LogP contribution >= 0.6 is 0 Å². The van der Waals surface area contributed by atoms with Gasteiger partial charge in [0.1, 0.15) is 5.82 Å². The van der Waals surface area contributed by atoms with Crippen molar-refractivity contribution in [3.8, 4) is 5.88 Å². The van der Waals surface area contributed by atoms with Crippen LogP contribution in [0, 0.1) is 6.92 Å². The third kappa shape index (κ3) is 3.13. The molecule has 0 aliphatic rings. The average molecular weight is 282 g/mol. The summed E-state index contributed by atoms with van der Waals surface area (Å²) in [5.74, 6) is 1.50. The van der Waals surface area contributed by atoms with Gasteiger partial charge in [-0.25, -0.2) is 4.98 Å². The van der Waals surface area contributed by atoms with Crippen LogP contribution in [0.5, 0.6) is 5.88 Å². The summed E-state index contributed by atoms with van der Waals surface area (Å²) >= 11 is 0. The maximum Gasteiger partial charge on any atom is 0.215 e. The first-order valence-electron chi connectivity index (χ1n) is 6.95. The van der Waals surface area contributed by atoms with Crippen LogP contribution in [0.15, 0.2) is 36.4 Å². The molecule has 0 aliphatic carbocycles. The van der Waals surface area contributed by atoms with Crippen LogP contribution in [0.2, 0.25) is 0 Å². The van der Waals surface area contributed by atoms with Gasteiger partial charge in [-0.3, -0.25) is 0 Å². The Balaban J connectivity index is 1.63. The van der Waals surface area contributed by atoms with Gasteiger partial charge in [-0.15, -0.1) is 0 Å². The maximum atomic E-state index is 5.10. The summed E-state index contributed by atoms with van der Waals surface area (Å²) < 4.78 is 5.10. The first kappa shape index (κ1) is 13.4. The third-order valence-corrected chi connectivity index (χ3v) is 3.32. The number of nitrogens with zero attached hydrogens (tertiary/aromatic N) is 2. The van der Waals surface area contributed by atoms with Gasteiger partial charge in [-0.1, -0.05) is 17.7 Å². The zero-order valence-corrected chi connectivity index (χ0v) is 12.2. The van der Waals surface area contributed by atoms with Gasteiger partial charge in [0.25, 0.3) is 0 Å². The highest BCUT2D eigenvalue weighted by atomic mass is 16.5. The molecule has 0 spiro atoms. The van der Waals surface area contributed by atoms with Crippen molar-refractivity contribution in [2.75, 3.05) is 19.0 Å². The number of ether oxygens (including phenoxy) is 1. The Morgan fingerprint density at radius 2 is 1.90 bits per heavy atom. The number of imidazole rings is 1. The van der Waals surface area contributed by atoms with E-state index in [1.54, 1.807) is 7.11 Å². The quantitative estimate of drug-likeness (QED) is 0.755. The topological polar surface area (TPSA) is 62.8 Å². The molecular weight excluding hydrogens is 264 g/mol. The predicted molar refractivity (Wildman–Crippen MR) is 83.8 cm³/mol. The van der Waals surface area contributed by atoms with E-state index < -0.39 is 0 Å². The van der Waals surface area contributed by atoms with Crippen molar-refractivity contribution < 1.29 is 4.74 Å². The van der Waals surface area contributed by atoms with E-state index in [1.807, 2.05) is 12.1 Å². The summed E-state index contributed by atoms with van der Waals surface area (Å²) in [6.07, 6.45) is 0.812. The van der Waals surface area contributed by atoms with Crippen LogP contribution in [0.25, 0.3) is 11.2 Å². The number of aryl methyl sites for hydroxylation is 1. The molecule has 0 fully saturated rings. The molecular formula is C16H18N4O. The standard InChI is InChI=1S/C16H18N4O/c1-11-3-5-12(6-4-11)17-10-9-14-18-13-7-8-15(21-2)20-16(13)19-14/h3-8,17H,9-10H2,1-2H3,(H,18,19,20). The van der Waals surface area contributed by atoms with E-state index in [0.717, 1.165) is 30.0 Å². The smallest absolute Gasteiger partial charge is 0.215 e. The summed E-state index contributed by atoms with van der Waals surface area (Å²) in [6.45, 7) is 2.90. The molecule has 0 unspecified atom stereocenters. The second-order valence-corrected chi connectivity index (χ2v) is 4.95. The van der Waals surface area contributed by atoms with Gasteiger partial charge in [0, 0.05) is 24.7 Å². The molecule has 1 aromatic carbocycles. The highest BCUT2D eigenvalue weighted by molar-refractivity contribution is 5.71. The molecule has 2 N–H and O–H groups in total. The highest BCUT2D eigenvalue weighted by Gasteiger charge is 2.05. The van der Waals surface area contributed by atoms with Crippen LogP contribution < -0.4 is 10.1 Å². The van der Waals surface area contributed by atoms with E-state index in [4.69, 9.17) is 4.74 Å². The summed E-state index contributed by atoms with van der Waals surface area (Å²) in [5, 5.41) is 3.38. The number of aromatic amines is 1. The zero-order chi connectivity index (χ0) is 14.7. The molecule has 0 amide bonds. The Morgan fingerprint density at radius 3 is 2.67 bits per heavy atom. The lowest BCUT2D eigenvalue weighted by molar-refractivity contribution is 0.399. The molecule has 3 rings (SSSR count). The van der Waals surface area contributed by atoms with Crippen LogP contribution in [0.1, 0.15) is 11.4 Å². The Labute approximate surface area is 123 Å². The number of hydrogen-bond donors (Lipinski definition) is 2. The molecule has 0 saturated carbocycles. The van der Waals surface area contributed by atoms with Crippen LogP contribution in [-0.4, -0.2) is 28.6 Å². The molecule has 21 heavy (non-hydrogen) atoms. The minimum atomic E-state index is 0.582. The van der Waals surface area contributed by atoms with Crippen LogP contribution in [0.4, 0.5) is 5.69 Å². The molecule has 0 aliphatic heterocycles. The number of methoxy groups -OCH3 is 1. The average Bonchev–Trinajstić information content (AvgIpc) is 2.91. The van der Waals surface area contributed by atoms with Crippen molar-refractivity contribution in [2.24, 2.45) is 0 Å². The lowest BCUT2D eigenvalue weighted by atomic mass is 10.2. The summed E-state index contributed by atoms with van der Waals surface area (Å²) in [4.78, 5) is 12.1. The molecule has 5 heteroatoms. The van der Waals surface area contributed by atoms with E-state index in [9.17, 15) is 0 Å². The van der Waals surface area contributed by atoms with E-state index in [-0.39, 0.29) is 0 Å². The van der Waals surface area contributed by atoms with Gasteiger partial charge in [0.05, 0.1) is 12.6 Å². The fourth-order valence-corrected chi connectivity index (χ4v) is 2.15. The van der Waals surface area contributed by atoms with Gasteiger partial charge in [0.15, 0.2) is 5.65 Å². The number of pyridine rings is 1.